The summed E-state index contributed by atoms with van der Waals surface area (Å²) in [7, 11) is 0. The topological polar surface area (TPSA) is 57.6 Å². The summed E-state index contributed by atoms with van der Waals surface area (Å²) in [6.45, 7) is 1.78. The van der Waals surface area contributed by atoms with Crippen LogP contribution < -0.4 is 4.90 Å². The molecular formula is C18H12FNO3S2. The lowest BCUT2D eigenvalue weighted by atomic mass is 10.1. The Hall–Kier alpha value is -2.51. The van der Waals surface area contributed by atoms with Crippen molar-refractivity contribution in [2.45, 2.75) is 6.92 Å². The van der Waals surface area contributed by atoms with Crippen molar-refractivity contribution in [3.05, 3.63) is 70.4 Å². The van der Waals surface area contributed by atoms with E-state index < -0.39 is 5.97 Å². The van der Waals surface area contributed by atoms with Gasteiger partial charge in [-0.15, -0.1) is 0 Å². The van der Waals surface area contributed by atoms with Crippen molar-refractivity contribution in [1.82, 2.24) is 0 Å². The largest absolute Gasteiger partial charge is 0.478 e. The van der Waals surface area contributed by atoms with Crippen molar-refractivity contribution >= 4 is 51.4 Å². The first-order valence-electron chi connectivity index (χ1n) is 7.25. The standard InChI is InChI=1S/C18H12FNO3S2/c1-10(11-2-6-13(19)7-3-11)15-16(21)20(18(24)25-15)14-8-4-12(5-9-14)17(22)23/h2-9H,1H3,(H,22,23)/b15-10-. The highest BCUT2D eigenvalue weighted by molar-refractivity contribution is 8.27. The molecule has 25 heavy (non-hydrogen) atoms. The number of hydrogen-bond acceptors (Lipinski definition) is 4. The Kier molecular flexibility index (Phi) is 4.69. The van der Waals surface area contributed by atoms with Crippen LogP contribution in [0.15, 0.2) is 53.4 Å². The molecule has 1 aliphatic rings. The number of hydrogen-bond donors (Lipinski definition) is 1. The molecule has 1 saturated heterocycles. The van der Waals surface area contributed by atoms with Crippen LogP contribution in [0, 0.1) is 5.82 Å². The van der Waals surface area contributed by atoms with Gasteiger partial charge in [-0.3, -0.25) is 9.69 Å². The Labute approximate surface area is 153 Å². The molecule has 3 rings (SSSR count). The number of benzene rings is 2. The minimum atomic E-state index is -1.04. The van der Waals surface area contributed by atoms with E-state index in [1.807, 2.05) is 0 Å². The highest BCUT2D eigenvalue weighted by Crippen LogP contribution is 2.39. The van der Waals surface area contributed by atoms with Crippen LogP contribution in [-0.2, 0) is 4.79 Å². The third-order valence-corrected chi connectivity index (χ3v) is 5.23. The molecule has 0 atom stereocenters. The second-order valence-electron chi connectivity index (χ2n) is 5.32. The maximum absolute atomic E-state index is 13.1. The van der Waals surface area contributed by atoms with E-state index in [4.69, 9.17) is 17.3 Å². The highest BCUT2D eigenvalue weighted by atomic mass is 32.2. The summed E-state index contributed by atoms with van der Waals surface area (Å²) >= 11 is 6.48. The van der Waals surface area contributed by atoms with E-state index >= 15 is 0 Å². The summed E-state index contributed by atoms with van der Waals surface area (Å²) in [4.78, 5) is 25.6. The van der Waals surface area contributed by atoms with E-state index in [1.165, 1.54) is 40.9 Å². The van der Waals surface area contributed by atoms with Gasteiger partial charge in [0.1, 0.15) is 5.82 Å². The maximum Gasteiger partial charge on any atom is 0.335 e. The molecule has 126 valence electrons. The first kappa shape index (κ1) is 17.3. The Morgan fingerprint density at radius 2 is 1.64 bits per heavy atom. The number of thiocarbonyl (C=S) groups is 1. The van der Waals surface area contributed by atoms with Gasteiger partial charge in [0.15, 0.2) is 4.32 Å². The summed E-state index contributed by atoms with van der Waals surface area (Å²) in [6, 6.07) is 11.8. The zero-order valence-electron chi connectivity index (χ0n) is 13.0. The lowest BCUT2D eigenvalue weighted by Gasteiger charge is -2.14. The van der Waals surface area contributed by atoms with Crippen molar-refractivity contribution in [1.29, 1.82) is 0 Å². The molecule has 0 aliphatic carbocycles. The second kappa shape index (κ2) is 6.78. The van der Waals surface area contributed by atoms with Gasteiger partial charge in [0.2, 0.25) is 0 Å². The minimum Gasteiger partial charge on any atom is -0.478 e. The number of carbonyl (C=O) groups is 2. The number of anilines is 1. The molecule has 1 fully saturated rings. The van der Waals surface area contributed by atoms with E-state index in [0.717, 1.165) is 5.56 Å². The number of amides is 1. The molecule has 2 aromatic rings. The molecule has 1 amide bonds. The van der Waals surface area contributed by atoms with Crippen LogP contribution >= 0.6 is 24.0 Å². The van der Waals surface area contributed by atoms with Gasteiger partial charge in [-0.1, -0.05) is 36.1 Å². The number of allylic oxidation sites excluding steroid dienone is 1. The molecule has 0 aromatic heterocycles. The molecule has 0 radical (unpaired) electrons. The Morgan fingerprint density at radius 3 is 2.20 bits per heavy atom. The fourth-order valence-electron chi connectivity index (χ4n) is 2.40. The summed E-state index contributed by atoms with van der Waals surface area (Å²) in [5.74, 6) is -1.66. The Balaban J connectivity index is 1.95. The van der Waals surface area contributed by atoms with Gasteiger partial charge >= 0.3 is 5.97 Å². The lowest BCUT2D eigenvalue weighted by Crippen LogP contribution is -2.27. The number of thioether (sulfide) groups is 1. The summed E-state index contributed by atoms with van der Waals surface area (Å²) < 4.78 is 13.4. The predicted molar refractivity (Wildman–Crippen MR) is 100 cm³/mol. The zero-order chi connectivity index (χ0) is 18.1. The van der Waals surface area contributed by atoms with Crippen LogP contribution in [0.25, 0.3) is 5.57 Å². The quantitative estimate of drug-likeness (QED) is 0.641. The lowest BCUT2D eigenvalue weighted by molar-refractivity contribution is -0.113. The smallest absolute Gasteiger partial charge is 0.335 e. The van der Waals surface area contributed by atoms with Crippen LogP contribution in [0.5, 0.6) is 0 Å². The normalized spacial score (nSPS) is 16.3. The number of aromatic carboxylic acids is 1. The molecule has 2 aromatic carbocycles. The van der Waals surface area contributed by atoms with Gasteiger partial charge in [-0.25, -0.2) is 9.18 Å². The van der Waals surface area contributed by atoms with Crippen molar-refractivity contribution in [3.8, 4) is 0 Å². The van der Waals surface area contributed by atoms with Crippen molar-refractivity contribution in [2.75, 3.05) is 4.90 Å². The molecule has 0 saturated carbocycles. The average molecular weight is 373 g/mol. The molecule has 1 aliphatic heterocycles. The first-order chi connectivity index (χ1) is 11.9. The fraction of sp³-hybridized carbons (Fsp3) is 0.0556. The van der Waals surface area contributed by atoms with Crippen molar-refractivity contribution in [2.24, 2.45) is 0 Å². The first-order valence-corrected chi connectivity index (χ1v) is 8.47. The van der Waals surface area contributed by atoms with Crippen LogP contribution in [0.2, 0.25) is 0 Å². The van der Waals surface area contributed by atoms with Gasteiger partial charge in [0.05, 0.1) is 16.2 Å². The van der Waals surface area contributed by atoms with Gasteiger partial charge in [0, 0.05) is 0 Å². The van der Waals surface area contributed by atoms with Crippen molar-refractivity contribution in [3.63, 3.8) is 0 Å². The molecule has 7 heteroatoms. The minimum absolute atomic E-state index is 0.132. The number of rotatable bonds is 3. The van der Waals surface area contributed by atoms with Gasteiger partial charge in [0.25, 0.3) is 5.91 Å². The van der Waals surface area contributed by atoms with Crippen LogP contribution in [0.4, 0.5) is 10.1 Å². The molecule has 1 heterocycles. The number of halogens is 1. The third kappa shape index (κ3) is 3.33. The molecule has 1 N–H and O–H groups in total. The maximum atomic E-state index is 13.1. The van der Waals surface area contributed by atoms with E-state index in [1.54, 1.807) is 31.2 Å². The zero-order valence-corrected chi connectivity index (χ0v) is 14.7. The van der Waals surface area contributed by atoms with Crippen LogP contribution in [-0.4, -0.2) is 21.3 Å². The fourth-order valence-corrected chi connectivity index (χ4v) is 3.75. The number of carboxylic acids is 1. The Morgan fingerprint density at radius 1 is 1.08 bits per heavy atom. The summed E-state index contributed by atoms with van der Waals surface area (Å²) in [5, 5.41) is 8.96. The second-order valence-corrected chi connectivity index (χ2v) is 6.97. The van der Waals surface area contributed by atoms with E-state index in [-0.39, 0.29) is 17.3 Å². The third-order valence-electron chi connectivity index (χ3n) is 3.76. The van der Waals surface area contributed by atoms with E-state index in [0.29, 0.717) is 20.5 Å². The molecule has 4 nitrogen and oxygen atoms in total. The summed E-state index contributed by atoms with van der Waals surface area (Å²) in [6.07, 6.45) is 0. The number of carbonyl (C=O) groups excluding carboxylic acids is 1. The Bertz CT molecular complexity index is 905. The van der Waals surface area contributed by atoms with Crippen molar-refractivity contribution < 1.29 is 19.1 Å². The van der Waals surface area contributed by atoms with Gasteiger partial charge in [-0.2, -0.15) is 0 Å². The van der Waals surface area contributed by atoms with Gasteiger partial charge in [-0.05, 0) is 54.5 Å². The van der Waals surface area contributed by atoms with E-state index in [2.05, 4.69) is 0 Å². The molecule has 0 bridgehead atoms. The summed E-state index contributed by atoms with van der Waals surface area (Å²) in [5.41, 5.74) is 2.09. The van der Waals surface area contributed by atoms with Gasteiger partial charge < -0.3 is 5.11 Å². The molecular weight excluding hydrogens is 361 g/mol. The van der Waals surface area contributed by atoms with Crippen LogP contribution in [0.1, 0.15) is 22.8 Å². The van der Waals surface area contributed by atoms with Crippen LogP contribution in [0.3, 0.4) is 0 Å². The monoisotopic (exact) mass is 373 g/mol. The average Bonchev–Trinajstić information content (AvgIpc) is 2.89. The highest BCUT2D eigenvalue weighted by Gasteiger charge is 2.34. The molecule has 0 spiro atoms. The molecule has 0 unspecified atom stereocenters. The predicted octanol–water partition coefficient (Wildman–Crippen LogP) is 4.32. The number of carboxylic acid groups (broad SMARTS) is 1. The van der Waals surface area contributed by atoms with E-state index in [9.17, 15) is 14.0 Å². The number of nitrogens with zero attached hydrogens (tertiary/aromatic N) is 1. The SMILES string of the molecule is C/C(=C1/SC(=S)N(c2ccc(C(=O)O)cc2)C1=O)c1ccc(F)cc1.